The molecule has 126 valence electrons. The van der Waals surface area contributed by atoms with Crippen LogP contribution in [0.1, 0.15) is 0 Å². The van der Waals surface area contributed by atoms with Gasteiger partial charge in [-0.05, 0) is 36.4 Å². The van der Waals surface area contributed by atoms with Crippen LogP contribution < -0.4 is 4.74 Å². The van der Waals surface area contributed by atoms with Crippen molar-refractivity contribution in [3.05, 3.63) is 47.6 Å². The number of hydrogen-bond acceptors (Lipinski definition) is 4. The minimum absolute atomic E-state index is 0.107. The van der Waals surface area contributed by atoms with Crippen LogP contribution in [-0.2, 0) is 9.84 Å². The Balaban J connectivity index is 2.10. The normalized spacial score (nSPS) is 12.5. The molecule has 1 N–H and O–H groups in total. The Morgan fingerprint density at radius 3 is 2.38 bits per heavy atom. The minimum atomic E-state index is -5.51. The lowest BCUT2D eigenvalue weighted by atomic mass is 10.2. The van der Waals surface area contributed by atoms with Gasteiger partial charge in [-0.25, -0.2) is 8.42 Å². The number of aromatic amines is 1. The van der Waals surface area contributed by atoms with Gasteiger partial charge in [0.15, 0.2) is 0 Å². The summed E-state index contributed by atoms with van der Waals surface area (Å²) in [4.78, 5) is -0.911. The zero-order chi connectivity index (χ0) is 17.5. The molecule has 5 nitrogen and oxygen atoms in total. The molecule has 0 unspecified atom stereocenters. The summed E-state index contributed by atoms with van der Waals surface area (Å²) in [6, 6.07) is 8.25. The molecular weight excluding hydrogens is 369 g/mol. The standard InChI is InChI=1S/C14H8ClF3N2O3S/c15-8-1-3-9(4-2-8)23-11-5-6-12(13-10(11)7-19-20-13)24(21,22)14(16,17)18/h1-7H,(H,19,20). The van der Waals surface area contributed by atoms with E-state index >= 15 is 0 Å². The Morgan fingerprint density at radius 1 is 1.08 bits per heavy atom. The predicted molar refractivity (Wildman–Crippen MR) is 80.9 cm³/mol. The highest BCUT2D eigenvalue weighted by molar-refractivity contribution is 7.92. The van der Waals surface area contributed by atoms with E-state index in [1.165, 1.54) is 6.20 Å². The molecular formula is C14H8ClF3N2O3S. The van der Waals surface area contributed by atoms with Crippen molar-refractivity contribution in [3.63, 3.8) is 0 Å². The van der Waals surface area contributed by atoms with Gasteiger partial charge in [0, 0.05) is 5.02 Å². The average Bonchev–Trinajstić information content (AvgIpc) is 2.98. The van der Waals surface area contributed by atoms with Crippen molar-refractivity contribution in [1.29, 1.82) is 0 Å². The predicted octanol–water partition coefficient (Wildman–Crippen LogP) is 4.30. The van der Waals surface area contributed by atoms with Gasteiger partial charge < -0.3 is 4.74 Å². The molecule has 0 saturated carbocycles. The Hall–Kier alpha value is -2.26. The van der Waals surface area contributed by atoms with Crippen molar-refractivity contribution in [2.45, 2.75) is 10.4 Å². The van der Waals surface area contributed by atoms with E-state index in [1.807, 2.05) is 0 Å². The summed E-state index contributed by atoms with van der Waals surface area (Å²) in [5, 5.41) is 6.48. The van der Waals surface area contributed by atoms with Crippen LogP contribution in [0.15, 0.2) is 47.5 Å². The SMILES string of the molecule is O=S(=O)(c1ccc(Oc2ccc(Cl)cc2)c2cn[nH]c12)C(F)(F)F. The molecule has 2 aromatic carbocycles. The number of rotatable bonds is 3. The summed E-state index contributed by atoms with van der Waals surface area (Å²) in [5.74, 6) is 0.538. The highest BCUT2D eigenvalue weighted by atomic mass is 35.5. The number of halogens is 4. The summed E-state index contributed by atoms with van der Waals surface area (Å²) in [7, 11) is -5.51. The molecule has 0 atom stereocenters. The van der Waals surface area contributed by atoms with Gasteiger partial charge in [0.05, 0.1) is 17.1 Å². The Labute approximate surface area is 138 Å². The van der Waals surface area contributed by atoms with Crippen LogP contribution in [-0.4, -0.2) is 24.1 Å². The van der Waals surface area contributed by atoms with E-state index in [2.05, 4.69) is 10.2 Å². The second-order valence-corrected chi connectivity index (χ2v) is 7.07. The number of benzene rings is 2. The molecule has 1 heterocycles. The number of H-pyrrole nitrogens is 1. The highest BCUT2D eigenvalue weighted by Crippen LogP contribution is 2.37. The van der Waals surface area contributed by atoms with Gasteiger partial charge in [-0.1, -0.05) is 11.6 Å². The first-order valence-corrected chi connectivity index (χ1v) is 8.27. The van der Waals surface area contributed by atoms with E-state index in [-0.39, 0.29) is 16.7 Å². The van der Waals surface area contributed by atoms with Crippen LogP contribution in [0.5, 0.6) is 11.5 Å². The van der Waals surface area contributed by atoms with Gasteiger partial charge in [0.25, 0.3) is 9.84 Å². The molecule has 0 aliphatic carbocycles. The summed E-state index contributed by atoms with van der Waals surface area (Å²) < 4.78 is 67.2. The van der Waals surface area contributed by atoms with Crippen molar-refractivity contribution in [2.75, 3.05) is 0 Å². The Bertz CT molecular complexity index is 998. The first-order valence-electron chi connectivity index (χ1n) is 6.41. The van der Waals surface area contributed by atoms with Crippen molar-refractivity contribution in [2.24, 2.45) is 0 Å². The fraction of sp³-hybridized carbons (Fsp3) is 0.0714. The fourth-order valence-electron chi connectivity index (χ4n) is 2.05. The molecule has 0 saturated heterocycles. The summed E-state index contributed by atoms with van der Waals surface area (Å²) >= 11 is 5.76. The number of alkyl halides is 3. The van der Waals surface area contributed by atoms with Crippen LogP contribution in [0.2, 0.25) is 5.02 Å². The first kappa shape index (κ1) is 16.6. The lowest BCUT2D eigenvalue weighted by Gasteiger charge is -2.11. The number of fused-ring (bicyclic) bond motifs is 1. The van der Waals surface area contributed by atoms with Gasteiger partial charge in [-0.3, -0.25) is 5.10 Å². The van der Waals surface area contributed by atoms with E-state index in [4.69, 9.17) is 16.3 Å². The topological polar surface area (TPSA) is 72.1 Å². The number of nitrogens with one attached hydrogen (secondary N) is 1. The summed E-state index contributed by atoms with van der Waals surface area (Å²) in [6.07, 6.45) is 1.19. The molecule has 0 spiro atoms. The van der Waals surface area contributed by atoms with Crippen molar-refractivity contribution in [1.82, 2.24) is 10.2 Å². The molecule has 0 bridgehead atoms. The van der Waals surface area contributed by atoms with Crippen LogP contribution in [0, 0.1) is 0 Å². The van der Waals surface area contributed by atoms with E-state index in [0.717, 1.165) is 12.1 Å². The molecule has 10 heteroatoms. The molecule has 0 fully saturated rings. The van der Waals surface area contributed by atoms with Gasteiger partial charge >= 0.3 is 5.51 Å². The highest BCUT2D eigenvalue weighted by Gasteiger charge is 2.48. The second-order valence-electron chi connectivity index (χ2n) is 4.73. The molecule has 24 heavy (non-hydrogen) atoms. The quantitative estimate of drug-likeness (QED) is 0.739. The zero-order valence-electron chi connectivity index (χ0n) is 11.6. The number of nitrogens with zero attached hydrogens (tertiary/aromatic N) is 1. The second kappa shape index (κ2) is 5.67. The minimum Gasteiger partial charge on any atom is -0.457 e. The Kier molecular flexibility index (Phi) is 3.92. The lowest BCUT2D eigenvalue weighted by molar-refractivity contribution is -0.0435. The Morgan fingerprint density at radius 2 is 1.75 bits per heavy atom. The maximum absolute atomic E-state index is 12.8. The molecule has 3 aromatic rings. The summed E-state index contributed by atoms with van der Waals surface area (Å²) in [5.41, 5.74) is -5.69. The third-order valence-corrected chi connectivity index (χ3v) is 4.95. The van der Waals surface area contributed by atoms with Crippen LogP contribution in [0.4, 0.5) is 13.2 Å². The lowest BCUT2D eigenvalue weighted by Crippen LogP contribution is -2.23. The van der Waals surface area contributed by atoms with Crippen molar-refractivity contribution >= 4 is 32.3 Å². The third kappa shape index (κ3) is 2.80. The largest absolute Gasteiger partial charge is 0.501 e. The molecule has 1 aromatic heterocycles. The van der Waals surface area contributed by atoms with Gasteiger partial charge in [-0.15, -0.1) is 0 Å². The van der Waals surface area contributed by atoms with Gasteiger partial charge in [0.2, 0.25) is 0 Å². The number of aromatic nitrogens is 2. The van der Waals surface area contributed by atoms with E-state index in [9.17, 15) is 21.6 Å². The smallest absolute Gasteiger partial charge is 0.457 e. The number of ether oxygens (including phenoxy) is 1. The van der Waals surface area contributed by atoms with E-state index in [0.29, 0.717) is 10.8 Å². The number of hydrogen-bond donors (Lipinski definition) is 1. The third-order valence-electron chi connectivity index (χ3n) is 3.17. The van der Waals surface area contributed by atoms with E-state index in [1.54, 1.807) is 24.3 Å². The van der Waals surface area contributed by atoms with Crippen molar-refractivity contribution in [3.8, 4) is 11.5 Å². The van der Waals surface area contributed by atoms with E-state index < -0.39 is 20.2 Å². The molecule has 3 rings (SSSR count). The summed E-state index contributed by atoms with van der Waals surface area (Å²) in [6.45, 7) is 0. The van der Waals surface area contributed by atoms with Crippen LogP contribution >= 0.6 is 11.6 Å². The fourth-order valence-corrected chi connectivity index (χ4v) is 3.10. The van der Waals surface area contributed by atoms with Crippen LogP contribution in [0.3, 0.4) is 0 Å². The molecule has 0 aliphatic rings. The zero-order valence-corrected chi connectivity index (χ0v) is 13.2. The molecule has 0 aliphatic heterocycles. The maximum atomic E-state index is 12.8. The monoisotopic (exact) mass is 376 g/mol. The molecule has 0 radical (unpaired) electrons. The van der Waals surface area contributed by atoms with Crippen molar-refractivity contribution < 1.29 is 26.3 Å². The van der Waals surface area contributed by atoms with Crippen LogP contribution in [0.25, 0.3) is 10.9 Å². The first-order chi connectivity index (χ1) is 11.2. The maximum Gasteiger partial charge on any atom is 0.501 e. The number of sulfone groups is 1. The van der Waals surface area contributed by atoms with Gasteiger partial charge in [0.1, 0.15) is 16.4 Å². The molecule has 0 amide bonds. The van der Waals surface area contributed by atoms with Gasteiger partial charge in [-0.2, -0.15) is 18.3 Å². The average molecular weight is 377 g/mol.